The van der Waals surface area contributed by atoms with Crippen molar-refractivity contribution in [2.75, 3.05) is 13.1 Å². The van der Waals surface area contributed by atoms with Gasteiger partial charge in [0.15, 0.2) is 6.10 Å². The van der Waals surface area contributed by atoms with Crippen LogP contribution in [0, 0.1) is 17.6 Å². The summed E-state index contributed by atoms with van der Waals surface area (Å²) < 4.78 is 32.2. The predicted molar refractivity (Wildman–Crippen MR) is 84.9 cm³/mol. The Balaban J connectivity index is 1.50. The molecular formula is C18H21F2NO4. The lowest BCUT2D eigenvalue weighted by atomic mass is 9.89. The van der Waals surface area contributed by atoms with Crippen LogP contribution in [-0.2, 0) is 20.7 Å². The number of benzene rings is 1. The van der Waals surface area contributed by atoms with Crippen molar-refractivity contribution in [1.82, 2.24) is 4.90 Å². The molecule has 5 nitrogen and oxygen atoms in total. The van der Waals surface area contributed by atoms with E-state index in [4.69, 9.17) is 9.84 Å². The van der Waals surface area contributed by atoms with Crippen LogP contribution >= 0.6 is 0 Å². The summed E-state index contributed by atoms with van der Waals surface area (Å²) in [6, 6.07) is 3.23. The number of nitrogens with zero attached hydrogens (tertiary/aromatic N) is 1. The second-order valence-corrected chi connectivity index (χ2v) is 6.71. The van der Waals surface area contributed by atoms with Crippen LogP contribution in [0.5, 0.6) is 0 Å². The summed E-state index contributed by atoms with van der Waals surface area (Å²) in [4.78, 5) is 25.0. The number of carbonyl (C=O) groups excluding carboxylic acids is 1. The predicted octanol–water partition coefficient (Wildman–Crippen LogP) is 2.38. The van der Waals surface area contributed by atoms with Gasteiger partial charge < -0.3 is 14.7 Å². The molecule has 1 N–H and O–H groups in total. The van der Waals surface area contributed by atoms with Gasteiger partial charge in [-0.2, -0.15) is 0 Å². The molecule has 0 spiro atoms. The molecule has 1 aromatic carbocycles. The van der Waals surface area contributed by atoms with E-state index in [2.05, 4.69) is 0 Å². The Labute approximate surface area is 144 Å². The van der Waals surface area contributed by atoms with E-state index in [1.807, 2.05) is 0 Å². The number of aliphatic carboxylic acids is 1. The number of carboxylic acid groups (broad SMARTS) is 1. The third kappa shape index (κ3) is 4.15. The van der Waals surface area contributed by atoms with Crippen molar-refractivity contribution < 1.29 is 28.2 Å². The third-order valence-electron chi connectivity index (χ3n) is 5.10. The molecule has 1 aromatic rings. The minimum absolute atomic E-state index is 0.0621. The first-order valence-electron chi connectivity index (χ1n) is 8.54. The molecule has 0 unspecified atom stereocenters. The summed E-state index contributed by atoms with van der Waals surface area (Å²) in [5.41, 5.74) is 0.192. The van der Waals surface area contributed by atoms with Crippen LogP contribution in [-0.4, -0.2) is 47.2 Å². The van der Waals surface area contributed by atoms with Crippen LogP contribution in [0.1, 0.15) is 31.2 Å². The number of likely N-dealkylation sites (tertiary alicyclic amines) is 1. The SMILES string of the molecule is O=C(O)[C@H]1CC[C@@H](C2CCN(C(=O)Cc3ccc(F)cc3F)CC2)O1. The van der Waals surface area contributed by atoms with Crippen LogP contribution in [0.15, 0.2) is 18.2 Å². The zero-order valence-electron chi connectivity index (χ0n) is 13.8. The number of carboxylic acids is 1. The number of ether oxygens (including phenoxy) is 1. The van der Waals surface area contributed by atoms with Crippen molar-refractivity contribution in [3.8, 4) is 0 Å². The lowest BCUT2D eigenvalue weighted by Crippen LogP contribution is -2.42. The van der Waals surface area contributed by atoms with Crippen LogP contribution < -0.4 is 0 Å². The highest BCUT2D eigenvalue weighted by atomic mass is 19.1. The standard InChI is InChI=1S/C18H21F2NO4/c19-13-2-1-12(14(20)10-13)9-17(22)21-7-5-11(6-8-21)15-3-4-16(25-15)18(23)24/h1-2,10-11,15-16H,3-9H2,(H,23,24)/t15-,16+/m0/s1. The maximum Gasteiger partial charge on any atom is 0.332 e. The van der Waals surface area contributed by atoms with Crippen LogP contribution in [0.3, 0.4) is 0 Å². The highest BCUT2D eigenvalue weighted by Crippen LogP contribution is 2.32. The van der Waals surface area contributed by atoms with Crippen molar-refractivity contribution in [3.05, 3.63) is 35.4 Å². The fraction of sp³-hybridized carbons (Fsp3) is 0.556. The van der Waals surface area contributed by atoms with Crippen LogP contribution in [0.25, 0.3) is 0 Å². The van der Waals surface area contributed by atoms with Crippen molar-refractivity contribution in [2.45, 2.75) is 44.3 Å². The Morgan fingerprint density at radius 3 is 2.48 bits per heavy atom. The Bertz CT molecular complexity index is 658. The van der Waals surface area contributed by atoms with E-state index < -0.39 is 23.7 Å². The van der Waals surface area contributed by atoms with Gasteiger partial charge in [-0.05, 0) is 43.2 Å². The number of hydrogen-bond donors (Lipinski definition) is 1. The van der Waals surface area contributed by atoms with Gasteiger partial charge in [-0.1, -0.05) is 6.07 Å². The van der Waals surface area contributed by atoms with E-state index in [9.17, 15) is 18.4 Å². The Kier molecular flexibility index (Phi) is 5.32. The maximum absolute atomic E-state index is 13.7. The molecule has 0 radical (unpaired) electrons. The van der Waals surface area contributed by atoms with Gasteiger partial charge in [0.25, 0.3) is 0 Å². The second kappa shape index (κ2) is 7.47. The van der Waals surface area contributed by atoms with Gasteiger partial charge in [-0.3, -0.25) is 4.79 Å². The average Bonchev–Trinajstić information content (AvgIpc) is 3.08. The average molecular weight is 353 g/mol. The lowest BCUT2D eigenvalue weighted by molar-refractivity contribution is -0.151. The molecule has 2 atom stereocenters. The topological polar surface area (TPSA) is 66.8 Å². The van der Waals surface area contributed by atoms with Gasteiger partial charge in [0.05, 0.1) is 12.5 Å². The number of carbonyl (C=O) groups is 2. The Hall–Kier alpha value is -2.02. The zero-order chi connectivity index (χ0) is 18.0. The summed E-state index contributed by atoms with van der Waals surface area (Å²) in [6.45, 7) is 1.09. The fourth-order valence-corrected chi connectivity index (χ4v) is 3.65. The highest BCUT2D eigenvalue weighted by molar-refractivity contribution is 5.79. The van der Waals surface area contributed by atoms with E-state index >= 15 is 0 Å². The maximum atomic E-state index is 13.7. The molecule has 0 aliphatic carbocycles. The molecule has 25 heavy (non-hydrogen) atoms. The summed E-state index contributed by atoms with van der Waals surface area (Å²) >= 11 is 0. The molecule has 2 heterocycles. The molecule has 3 rings (SSSR count). The molecular weight excluding hydrogens is 332 g/mol. The highest BCUT2D eigenvalue weighted by Gasteiger charge is 2.37. The van der Waals surface area contributed by atoms with E-state index in [1.165, 1.54) is 6.07 Å². The number of rotatable bonds is 4. The minimum Gasteiger partial charge on any atom is -0.479 e. The Morgan fingerprint density at radius 1 is 1.16 bits per heavy atom. The molecule has 2 aliphatic rings. The monoisotopic (exact) mass is 353 g/mol. The van der Waals surface area contributed by atoms with E-state index in [0.717, 1.165) is 31.4 Å². The van der Waals surface area contributed by atoms with Gasteiger partial charge >= 0.3 is 5.97 Å². The normalized spacial score (nSPS) is 24.5. The zero-order valence-corrected chi connectivity index (χ0v) is 13.8. The third-order valence-corrected chi connectivity index (χ3v) is 5.10. The molecule has 136 valence electrons. The molecule has 2 fully saturated rings. The summed E-state index contributed by atoms with van der Waals surface area (Å²) in [5.74, 6) is -2.22. The van der Waals surface area contributed by atoms with E-state index in [1.54, 1.807) is 4.90 Å². The fourth-order valence-electron chi connectivity index (χ4n) is 3.65. The van der Waals surface area contributed by atoms with Gasteiger partial charge in [-0.15, -0.1) is 0 Å². The minimum atomic E-state index is -0.920. The first kappa shape index (κ1) is 17.8. The number of hydrogen-bond acceptors (Lipinski definition) is 3. The van der Waals surface area contributed by atoms with E-state index in [-0.39, 0.29) is 29.9 Å². The molecule has 2 saturated heterocycles. The van der Waals surface area contributed by atoms with Crippen molar-refractivity contribution >= 4 is 11.9 Å². The Morgan fingerprint density at radius 2 is 1.88 bits per heavy atom. The van der Waals surface area contributed by atoms with Gasteiger partial charge in [-0.25, -0.2) is 13.6 Å². The number of piperidine rings is 1. The van der Waals surface area contributed by atoms with Crippen molar-refractivity contribution in [3.63, 3.8) is 0 Å². The molecule has 0 bridgehead atoms. The molecule has 2 aliphatic heterocycles. The van der Waals surface area contributed by atoms with Crippen molar-refractivity contribution in [2.24, 2.45) is 5.92 Å². The second-order valence-electron chi connectivity index (χ2n) is 6.71. The largest absolute Gasteiger partial charge is 0.479 e. The summed E-state index contributed by atoms with van der Waals surface area (Å²) in [6.07, 6.45) is 1.89. The summed E-state index contributed by atoms with van der Waals surface area (Å²) in [5, 5.41) is 8.99. The first-order valence-corrected chi connectivity index (χ1v) is 8.54. The first-order chi connectivity index (χ1) is 11.9. The van der Waals surface area contributed by atoms with Crippen molar-refractivity contribution in [1.29, 1.82) is 0 Å². The van der Waals surface area contributed by atoms with Crippen LogP contribution in [0.2, 0.25) is 0 Å². The summed E-state index contributed by atoms with van der Waals surface area (Å²) in [7, 11) is 0. The molecule has 1 amide bonds. The number of amides is 1. The van der Waals surface area contributed by atoms with E-state index in [0.29, 0.717) is 19.5 Å². The molecule has 7 heteroatoms. The lowest BCUT2D eigenvalue weighted by Gasteiger charge is -2.34. The molecule has 0 aromatic heterocycles. The smallest absolute Gasteiger partial charge is 0.332 e. The van der Waals surface area contributed by atoms with Gasteiger partial charge in [0.2, 0.25) is 5.91 Å². The van der Waals surface area contributed by atoms with Gasteiger partial charge in [0, 0.05) is 19.2 Å². The molecule has 0 saturated carbocycles. The quantitative estimate of drug-likeness (QED) is 0.903. The van der Waals surface area contributed by atoms with Gasteiger partial charge in [0.1, 0.15) is 11.6 Å². The van der Waals surface area contributed by atoms with Crippen LogP contribution in [0.4, 0.5) is 8.78 Å². The number of halogens is 2.